The Labute approximate surface area is 214 Å². The molecule has 2 aliphatic rings. The highest BCUT2D eigenvalue weighted by atomic mass is 19.4. The van der Waals surface area contributed by atoms with Crippen molar-refractivity contribution in [3.05, 3.63) is 58.7 Å². The van der Waals surface area contributed by atoms with Gasteiger partial charge in [-0.2, -0.15) is 18.2 Å². The molecule has 0 bridgehead atoms. The van der Waals surface area contributed by atoms with E-state index >= 15 is 0 Å². The zero-order valence-electron chi connectivity index (χ0n) is 21.2. The van der Waals surface area contributed by atoms with Gasteiger partial charge in [0.05, 0.1) is 12.6 Å². The van der Waals surface area contributed by atoms with Crippen molar-refractivity contribution in [3.63, 3.8) is 0 Å². The van der Waals surface area contributed by atoms with E-state index in [0.717, 1.165) is 27.9 Å². The SMILES string of the molecule is CCn1nc(-c2ccc(C3CCN(CC(F)(F)F)CC3)cc2)nc1Nc1cc2c(cc1C)C(=O)NC2C. The quantitative estimate of drug-likeness (QED) is 0.452. The van der Waals surface area contributed by atoms with Crippen LogP contribution in [0.5, 0.6) is 0 Å². The Morgan fingerprint density at radius 3 is 2.49 bits per heavy atom. The maximum atomic E-state index is 12.7. The van der Waals surface area contributed by atoms with Gasteiger partial charge in [0.25, 0.3) is 5.91 Å². The number of likely N-dealkylation sites (tertiary alicyclic amines) is 1. The van der Waals surface area contributed by atoms with Gasteiger partial charge in [-0.1, -0.05) is 24.3 Å². The number of benzene rings is 2. The molecule has 10 heteroatoms. The van der Waals surface area contributed by atoms with Crippen molar-refractivity contribution in [3.8, 4) is 11.4 Å². The minimum absolute atomic E-state index is 0.0429. The van der Waals surface area contributed by atoms with Crippen LogP contribution in [0.4, 0.5) is 24.8 Å². The zero-order valence-corrected chi connectivity index (χ0v) is 21.2. The second-order valence-electron chi connectivity index (χ2n) is 9.94. The minimum atomic E-state index is -4.15. The van der Waals surface area contributed by atoms with Gasteiger partial charge in [-0.3, -0.25) is 9.69 Å². The van der Waals surface area contributed by atoms with Gasteiger partial charge in [0.1, 0.15) is 0 Å². The fourth-order valence-electron chi connectivity index (χ4n) is 5.25. The lowest BCUT2D eigenvalue weighted by atomic mass is 9.89. The third kappa shape index (κ3) is 5.34. The van der Waals surface area contributed by atoms with Crippen LogP contribution >= 0.6 is 0 Å². The number of anilines is 2. The Hall–Kier alpha value is -3.40. The lowest BCUT2D eigenvalue weighted by Crippen LogP contribution is -2.39. The summed E-state index contributed by atoms with van der Waals surface area (Å²) >= 11 is 0. The molecule has 1 atom stereocenters. The smallest absolute Gasteiger partial charge is 0.345 e. The Kier molecular flexibility index (Phi) is 6.70. The molecule has 1 unspecified atom stereocenters. The van der Waals surface area contributed by atoms with Crippen molar-refractivity contribution in [1.29, 1.82) is 0 Å². The molecule has 1 amide bonds. The van der Waals surface area contributed by atoms with E-state index < -0.39 is 12.7 Å². The van der Waals surface area contributed by atoms with Crippen molar-refractivity contribution < 1.29 is 18.0 Å². The number of rotatable bonds is 6. The van der Waals surface area contributed by atoms with Crippen molar-refractivity contribution >= 4 is 17.5 Å². The molecular weight excluding hydrogens is 481 g/mol. The predicted molar refractivity (Wildman–Crippen MR) is 136 cm³/mol. The van der Waals surface area contributed by atoms with Gasteiger partial charge in [0.15, 0.2) is 5.82 Å². The summed E-state index contributed by atoms with van der Waals surface area (Å²) < 4.78 is 39.8. The molecule has 7 nitrogen and oxygen atoms in total. The summed E-state index contributed by atoms with van der Waals surface area (Å²) in [5.74, 6) is 1.42. The van der Waals surface area contributed by atoms with Crippen LogP contribution in [0.2, 0.25) is 0 Å². The van der Waals surface area contributed by atoms with E-state index in [2.05, 4.69) is 15.7 Å². The first-order valence-corrected chi connectivity index (χ1v) is 12.7. The number of aromatic nitrogens is 3. The molecule has 0 aliphatic carbocycles. The predicted octanol–water partition coefficient (Wildman–Crippen LogP) is 5.56. The second kappa shape index (κ2) is 9.81. The molecule has 3 heterocycles. The number of fused-ring (bicyclic) bond motifs is 1. The summed E-state index contributed by atoms with van der Waals surface area (Å²) in [6.45, 7) is 6.62. The Morgan fingerprint density at radius 2 is 1.84 bits per heavy atom. The maximum absolute atomic E-state index is 12.7. The van der Waals surface area contributed by atoms with Gasteiger partial charge < -0.3 is 10.6 Å². The average Bonchev–Trinajstić information content (AvgIpc) is 3.39. The fourth-order valence-corrected chi connectivity index (χ4v) is 5.25. The van der Waals surface area contributed by atoms with Crippen LogP contribution in [0.25, 0.3) is 11.4 Å². The van der Waals surface area contributed by atoms with Crippen LogP contribution in [0.15, 0.2) is 36.4 Å². The number of piperidine rings is 1. The van der Waals surface area contributed by atoms with Crippen molar-refractivity contribution in [1.82, 2.24) is 25.0 Å². The number of hydrogen-bond acceptors (Lipinski definition) is 5. The van der Waals surface area contributed by atoms with Gasteiger partial charge in [-0.15, -0.1) is 5.10 Å². The molecule has 0 radical (unpaired) electrons. The molecule has 0 spiro atoms. The van der Waals surface area contributed by atoms with Crippen molar-refractivity contribution in [2.75, 3.05) is 25.0 Å². The molecule has 37 heavy (non-hydrogen) atoms. The van der Waals surface area contributed by atoms with E-state index in [9.17, 15) is 18.0 Å². The van der Waals surface area contributed by atoms with Gasteiger partial charge in [0, 0.05) is 23.4 Å². The fraction of sp³-hybridized carbons (Fsp3) is 0.444. The van der Waals surface area contributed by atoms with Gasteiger partial charge in [-0.05, 0) is 81.4 Å². The second-order valence-corrected chi connectivity index (χ2v) is 9.94. The summed E-state index contributed by atoms with van der Waals surface area (Å²) in [7, 11) is 0. The van der Waals surface area contributed by atoms with E-state index in [4.69, 9.17) is 4.98 Å². The maximum Gasteiger partial charge on any atom is 0.401 e. The molecule has 3 aromatic rings. The molecule has 1 fully saturated rings. The number of hydrogen-bond donors (Lipinski definition) is 2. The third-order valence-corrected chi connectivity index (χ3v) is 7.30. The summed E-state index contributed by atoms with van der Waals surface area (Å²) in [5, 5.41) is 11.0. The highest BCUT2D eigenvalue weighted by Gasteiger charge is 2.33. The number of amides is 1. The molecule has 2 N–H and O–H groups in total. The highest BCUT2D eigenvalue weighted by Crippen LogP contribution is 2.33. The molecule has 0 saturated carbocycles. The molecule has 5 rings (SSSR count). The van der Waals surface area contributed by atoms with Crippen molar-refractivity contribution in [2.45, 2.75) is 58.3 Å². The number of nitrogens with zero attached hydrogens (tertiary/aromatic N) is 4. The highest BCUT2D eigenvalue weighted by molar-refractivity contribution is 6.00. The van der Waals surface area contributed by atoms with Gasteiger partial charge in [-0.25, -0.2) is 4.68 Å². The van der Waals surface area contributed by atoms with Gasteiger partial charge >= 0.3 is 6.18 Å². The van der Waals surface area contributed by atoms with E-state index in [0.29, 0.717) is 49.8 Å². The number of alkyl halides is 3. The number of aryl methyl sites for hydroxylation is 2. The Morgan fingerprint density at radius 1 is 1.14 bits per heavy atom. The standard InChI is InChI=1S/C27H31F3N6O/c1-4-36-26(32-23-14-21-17(3)31-25(37)22(21)13-16(23)2)33-24(34-36)20-7-5-18(6-8-20)19-9-11-35(12-10-19)15-27(28,29)30/h5-8,13-14,17,19H,4,9-12,15H2,1-3H3,(H,31,37)(H,32,33,34). The summed E-state index contributed by atoms with van der Waals surface area (Å²) in [5.41, 5.74) is 5.50. The molecule has 196 valence electrons. The summed E-state index contributed by atoms with van der Waals surface area (Å²) in [4.78, 5) is 18.4. The first-order valence-electron chi connectivity index (χ1n) is 12.7. The lowest BCUT2D eigenvalue weighted by molar-refractivity contribution is -0.147. The van der Waals surface area contributed by atoms with Crippen LogP contribution in [-0.2, 0) is 6.54 Å². The largest absolute Gasteiger partial charge is 0.401 e. The molecular formula is C27H31F3N6O. The van der Waals surface area contributed by atoms with Crippen molar-refractivity contribution in [2.24, 2.45) is 0 Å². The first kappa shape index (κ1) is 25.3. The van der Waals surface area contributed by atoms with Crippen LogP contribution in [-0.4, -0.2) is 51.4 Å². The van der Waals surface area contributed by atoms with Gasteiger partial charge in [0.2, 0.25) is 5.95 Å². The molecule has 1 saturated heterocycles. The molecule has 2 aliphatic heterocycles. The topological polar surface area (TPSA) is 75.1 Å². The third-order valence-electron chi connectivity index (χ3n) is 7.30. The van der Waals surface area contributed by atoms with Crippen LogP contribution in [0, 0.1) is 6.92 Å². The Balaban J connectivity index is 1.30. The van der Waals surface area contributed by atoms with E-state index in [1.165, 1.54) is 4.90 Å². The van der Waals surface area contributed by atoms with E-state index in [-0.39, 0.29) is 17.9 Å². The number of nitrogens with one attached hydrogen (secondary N) is 2. The average molecular weight is 513 g/mol. The lowest BCUT2D eigenvalue weighted by Gasteiger charge is -2.32. The molecule has 1 aromatic heterocycles. The molecule has 2 aromatic carbocycles. The van der Waals surface area contributed by atoms with Crippen LogP contribution in [0.1, 0.15) is 65.7 Å². The number of carbonyl (C=O) groups is 1. The normalized spacial score (nSPS) is 18.6. The summed E-state index contributed by atoms with van der Waals surface area (Å²) in [6.07, 6.45) is -2.72. The Bertz CT molecular complexity index is 1290. The number of carbonyl (C=O) groups excluding carboxylic acids is 1. The monoisotopic (exact) mass is 512 g/mol. The van der Waals surface area contributed by atoms with E-state index in [1.807, 2.05) is 57.2 Å². The zero-order chi connectivity index (χ0) is 26.3. The minimum Gasteiger partial charge on any atom is -0.345 e. The van der Waals surface area contributed by atoms with E-state index in [1.54, 1.807) is 4.68 Å². The van der Waals surface area contributed by atoms with Crippen LogP contribution in [0.3, 0.4) is 0 Å². The number of halogens is 3. The first-order chi connectivity index (χ1) is 17.6. The summed E-state index contributed by atoms with van der Waals surface area (Å²) in [6, 6.07) is 11.9. The van der Waals surface area contributed by atoms with Crippen LogP contribution < -0.4 is 10.6 Å².